The summed E-state index contributed by atoms with van der Waals surface area (Å²) < 4.78 is 89.6. The molecule has 4 aromatic carbocycles. The monoisotopic (exact) mass is 885 g/mol. The summed E-state index contributed by atoms with van der Waals surface area (Å²) in [7, 11) is 0. The van der Waals surface area contributed by atoms with Crippen molar-refractivity contribution in [2.75, 3.05) is 30.3 Å². The van der Waals surface area contributed by atoms with Crippen molar-refractivity contribution >= 4 is 75.6 Å². The Balaban J connectivity index is 0.000000307. The molecule has 0 heterocycles. The molecule has 308 valence electrons. The summed E-state index contributed by atoms with van der Waals surface area (Å²) in [5.41, 5.74) is -0.117. The van der Waals surface area contributed by atoms with Gasteiger partial charge in [-0.05, 0) is 91.2 Å². The number of anilines is 2. The molecule has 10 nitrogen and oxygen atoms in total. The van der Waals surface area contributed by atoms with Crippen LogP contribution >= 0.6 is 46.4 Å². The molecule has 0 bridgehead atoms. The molecular weight excluding hydrogens is 854 g/mol. The molecule has 0 aromatic heterocycles. The van der Waals surface area contributed by atoms with E-state index in [1.54, 1.807) is 19.9 Å². The summed E-state index contributed by atoms with van der Waals surface area (Å²) in [6, 6.07) is 12.2. The molecule has 5 N–H and O–H groups in total. The van der Waals surface area contributed by atoms with E-state index >= 15 is 0 Å². The third kappa shape index (κ3) is 14.6. The number of halogens is 10. The van der Waals surface area contributed by atoms with E-state index in [1.807, 2.05) is 0 Å². The van der Waals surface area contributed by atoms with Crippen molar-refractivity contribution in [2.45, 2.75) is 45.8 Å². The normalized spacial score (nSPS) is 11.2. The highest BCUT2D eigenvalue weighted by Crippen LogP contribution is 2.38. The fraction of sp³-hybridized carbons (Fsp3) is 0.270. The number of aliphatic carboxylic acids is 2. The Bertz CT molecular complexity index is 2040. The molecule has 0 unspecified atom stereocenters. The van der Waals surface area contributed by atoms with Gasteiger partial charge in [0.2, 0.25) is 0 Å². The van der Waals surface area contributed by atoms with Gasteiger partial charge in [0.1, 0.15) is 19.8 Å². The number of rotatable bonds is 15. The molecule has 0 spiro atoms. The number of amides is 1. The molecule has 0 atom stereocenters. The van der Waals surface area contributed by atoms with Gasteiger partial charge in [0, 0.05) is 30.0 Å². The van der Waals surface area contributed by atoms with Gasteiger partial charge < -0.3 is 35.6 Å². The molecule has 0 fully saturated rings. The molecule has 1 amide bonds. The Hall–Kier alpha value is -4.77. The number of benzene rings is 4. The van der Waals surface area contributed by atoms with Crippen LogP contribution in [0.5, 0.6) is 11.5 Å². The van der Waals surface area contributed by atoms with Crippen LogP contribution in [-0.2, 0) is 41.6 Å². The van der Waals surface area contributed by atoms with Crippen LogP contribution in [0.3, 0.4) is 0 Å². The molecule has 0 aliphatic rings. The van der Waals surface area contributed by atoms with Crippen molar-refractivity contribution in [1.82, 2.24) is 5.32 Å². The van der Waals surface area contributed by atoms with Crippen molar-refractivity contribution in [3.8, 4) is 11.5 Å². The topological polar surface area (TPSA) is 146 Å². The summed E-state index contributed by atoms with van der Waals surface area (Å²) in [5, 5.41) is 25.3. The van der Waals surface area contributed by atoms with E-state index < -0.39 is 47.9 Å². The van der Waals surface area contributed by atoms with Crippen LogP contribution in [0.15, 0.2) is 60.7 Å². The van der Waals surface area contributed by atoms with Crippen LogP contribution in [0.25, 0.3) is 0 Å². The lowest BCUT2D eigenvalue weighted by molar-refractivity contribution is -0.138. The lowest BCUT2D eigenvalue weighted by Gasteiger charge is -2.15. The number of hydrogen-bond donors (Lipinski definition) is 5. The first-order valence-electron chi connectivity index (χ1n) is 16.5. The average Bonchev–Trinajstić information content (AvgIpc) is 3.09. The Morgan fingerprint density at radius 1 is 0.596 bits per heavy atom. The highest BCUT2D eigenvalue weighted by molar-refractivity contribution is 6.38. The van der Waals surface area contributed by atoms with Gasteiger partial charge >= 0.3 is 24.3 Å². The van der Waals surface area contributed by atoms with Gasteiger partial charge in [0.25, 0.3) is 5.91 Å². The van der Waals surface area contributed by atoms with Crippen molar-refractivity contribution < 1.29 is 60.4 Å². The molecule has 0 aliphatic heterocycles. The zero-order chi connectivity index (χ0) is 42.7. The predicted octanol–water partition coefficient (Wildman–Crippen LogP) is 10.5. The van der Waals surface area contributed by atoms with Gasteiger partial charge in [-0.3, -0.25) is 14.4 Å². The van der Waals surface area contributed by atoms with E-state index in [1.165, 1.54) is 30.3 Å². The lowest BCUT2D eigenvalue weighted by atomic mass is 10.1. The Kier molecular flexibility index (Phi) is 16.8. The first-order valence-corrected chi connectivity index (χ1v) is 18.0. The molecule has 4 rings (SSSR count). The van der Waals surface area contributed by atoms with Crippen molar-refractivity contribution in [1.29, 1.82) is 0 Å². The molecular formula is C37H33Cl4F6N3O7. The molecule has 0 saturated carbocycles. The average molecular weight is 887 g/mol. The Morgan fingerprint density at radius 2 is 1.00 bits per heavy atom. The first kappa shape index (κ1) is 46.6. The largest absolute Gasteiger partial charge is 0.486 e. The van der Waals surface area contributed by atoms with Gasteiger partial charge in [-0.2, -0.15) is 26.3 Å². The fourth-order valence-corrected chi connectivity index (χ4v) is 6.15. The summed E-state index contributed by atoms with van der Waals surface area (Å²) >= 11 is 24.3. The minimum Gasteiger partial charge on any atom is -0.486 e. The highest BCUT2D eigenvalue weighted by Gasteiger charge is 2.32. The Morgan fingerprint density at radius 3 is 1.35 bits per heavy atom. The smallest absolute Gasteiger partial charge is 0.416 e. The molecule has 0 radical (unpaired) electrons. The molecule has 0 aliphatic carbocycles. The summed E-state index contributed by atoms with van der Waals surface area (Å²) in [6.45, 7) is 3.39. The minimum atomic E-state index is -4.53. The third-order valence-corrected chi connectivity index (χ3v) is 8.37. The van der Waals surface area contributed by atoms with Crippen LogP contribution in [0.4, 0.5) is 37.7 Å². The van der Waals surface area contributed by atoms with Gasteiger partial charge in [0.05, 0.1) is 37.6 Å². The van der Waals surface area contributed by atoms with Crippen LogP contribution in [0, 0.1) is 0 Å². The maximum atomic E-state index is 13.1. The summed E-state index contributed by atoms with van der Waals surface area (Å²) in [5.74, 6) is -2.92. The van der Waals surface area contributed by atoms with Gasteiger partial charge in [0.15, 0.2) is 11.5 Å². The third-order valence-electron chi connectivity index (χ3n) is 7.24. The minimum absolute atomic E-state index is 0.00657. The van der Waals surface area contributed by atoms with E-state index in [4.69, 9.17) is 66.1 Å². The number of carboxylic acid groups (broad SMARTS) is 2. The highest BCUT2D eigenvalue weighted by atomic mass is 35.5. The van der Waals surface area contributed by atoms with Gasteiger partial charge in [-0.1, -0.05) is 46.4 Å². The number of carboxylic acids is 2. The molecule has 0 saturated heterocycles. The second-order valence-corrected chi connectivity index (χ2v) is 13.4. The first-order chi connectivity index (χ1) is 26.6. The van der Waals surface area contributed by atoms with E-state index in [9.17, 15) is 40.7 Å². The van der Waals surface area contributed by atoms with E-state index in [-0.39, 0.29) is 73.6 Å². The zero-order valence-electron chi connectivity index (χ0n) is 29.7. The van der Waals surface area contributed by atoms with E-state index in [0.29, 0.717) is 24.3 Å². The Labute approximate surface area is 342 Å². The maximum Gasteiger partial charge on any atom is 0.416 e. The van der Waals surface area contributed by atoms with Gasteiger partial charge in [-0.15, -0.1) is 0 Å². The number of carbonyl (C=O) groups excluding carboxylic acids is 1. The van der Waals surface area contributed by atoms with Crippen LogP contribution in [0.2, 0.25) is 20.1 Å². The van der Waals surface area contributed by atoms with Crippen molar-refractivity contribution in [3.63, 3.8) is 0 Å². The number of ether oxygens (including phenoxy) is 2. The zero-order valence-corrected chi connectivity index (χ0v) is 32.8. The summed E-state index contributed by atoms with van der Waals surface area (Å²) in [6.07, 6.45) is -9.28. The lowest BCUT2D eigenvalue weighted by Crippen LogP contribution is -2.29. The molecule has 4 aromatic rings. The second kappa shape index (κ2) is 20.6. The van der Waals surface area contributed by atoms with Crippen molar-refractivity contribution in [3.05, 3.63) is 114 Å². The van der Waals surface area contributed by atoms with Crippen molar-refractivity contribution in [2.24, 2.45) is 0 Å². The number of carbonyl (C=O) groups is 3. The standard InChI is InChI=1S/C19H17Cl2F3N2O4.C18H16Cl2F3NO3/c1-2-25-13-4-10(3-12(7-13)19(22,23)24)9-30-17-14(20)5-11(6-15(17)21)18(29)26-8-16(27)28;1-2-24-13-4-11(3-12(8-13)18(21,22)23)9-27-17-14(19)5-10(6-15(17)20)7-16(25)26/h3-7,25H,2,8-9H2,1H3,(H,26,29)(H,27,28);3-6,8,24H,2,7,9H2,1H3,(H,25,26). The summed E-state index contributed by atoms with van der Waals surface area (Å²) in [4.78, 5) is 33.2. The number of alkyl halides is 6. The maximum absolute atomic E-state index is 13.1. The number of hydrogen-bond acceptors (Lipinski definition) is 7. The SMILES string of the molecule is CCNc1cc(COc2c(Cl)cc(C(=O)NCC(=O)O)cc2Cl)cc(C(F)(F)F)c1.CCNc1cc(COc2c(Cl)cc(CC(=O)O)cc2Cl)cc(C(F)(F)F)c1. The number of nitrogens with one attached hydrogen (secondary N) is 3. The van der Waals surface area contributed by atoms with E-state index in [2.05, 4.69) is 16.0 Å². The van der Waals surface area contributed by atoms with Crippen LogP contribution in [-0.4, -0.2) is 47.7 Å². The molecule has 57 heavy (non-hydrogen) atoms. The predicted molar refractivity (Wildman–Crippen MR) is 204 cm³/mol. The van der Waals surface area contributed by atoms with E-state index in [0.717, 1.165) is 24.3 Å². The van der Waals surface area contributed by atoms with Crippen LogP contribution in [0.1, 0.15) is 52.0 Å². The fourth-order valence-electron chi connectivity index (χ4n) is 4.92. The quantitative estimate of drug-likeness (QED) is 0.0737. The molecule has 20 heteroatoms. The second-order valence-electron chi connectivity index (χ2n) is 11.8. The van der Waals surface area contributed by atoms with Crippen LogP contribution < -0.4 is 25.4 Å². The van der Waals surface area contributed by atoms with Gasteiger partial charge in [-0.25, -0.2) is 0 Å².